The second-order valence-electron chi connectivity index (χ2n) is 5.19. The molecule has 1 N–H and O–H groups in total. The van der Waals surface area contributed by atoms with Crippen LogP contribution in [0.4, 0.5) is 0 Å². The predicted molar refractivity (Wildman–Crippen MR) is 79.2 cm³/mol. The van der Waals surface area contributed by atoms with Gasteiger partial charge in [-0.15, -0.1) is 0 Å². The number of hydrogen-bond donors (Lipinski definition) is 1. The first kappa shape index (κ1) is 14.5. The molecule has 0 radical (unpaired) electrons. The van der Waals surface area contributed by atoms with Crippen molar-refractivity contribution in [2.45, 2.75) is 32.4 Å². The van der Waals surface area contributed by atoms with E-state index >= 15 is 0 Å². The normalized spacial score (nSPS) is 19.2. The number of ether oxygens (including phenoxy) is 1. The summed E-state index contributed by atoms with van der Waals surface area (Å²) < 4.78 is 5.70. The Kier molecular flexibility index (Phi) is 6.34. The molecule has 0 aromatic heterocycles. The lowest BCUT2D eigenvalue weighted by Gasteiger charge is -2.23. The SMILES string of the molecule is CCN(CCNCc1ccccc1)CC1CCCO1. The van der Waals surface area contributed by atoms with Crippen LogP contribution in [0.3, 0.4) is 0 Å². The Labute approximate surface area is 116 Å². The molecule has 1 fully saturated rings. The van der Waals surface area contributed by atoms with E-state index in [1.54, 1.807) is 0 Å². The monoisotopic (exact) mass is 262 g/mol. The van der Waals surface area contributed by atoms with Gasteiger partial charge in [-0.3, -0.25) is 4.90 Å². The largest absolute Gasteiger partial charge is 0.377 e. The number of nitrogens with zero attached hydrogens (tertiary/aromatic N) is 1. The highest BCUT2D eigenvalue weighted by molar-refractivity contribution is 5.14. The van der Waals surface area contributed by atoms with Gasteiger partial charge in [-0.25, -0.2) is 0 Å². The van der Waals surface area contributed by atoms with E-state index in [4.69, 9.17) is 4.74 Å². The molecule has 1 aliphatic rings. The highest BCUT2D eigenvalue weighted by Gasteiger charge is 2.17. The number of hydrogen-bond acceptors (Lipinski definition) is 3. The highest BCUT2D eigenvalue weighted by atomic mass is 16.5. The van der Waals surface area contributed by atoms with Crippen LogP contribution in [0, 0.1) is 0 Å². The second-order valence-corrected chi connectivity index (χ2v) is 5.19. The smallest absolute Gasteiger partial charge is 0.0702 e. The summed E-state index contributed by atoms with van der Waals surface area (Å²) in [7, 11) is 0. The first-order valence-corrected chi connectivity index (χ1v) is 7.47. The van der Waals surface area contributed by atoms with Crippen molar-refractivity contribution in [2.75, 3.05) is 32.8 Å². The molecule has 106 valence electrons. The van der Waals surface area contributed by atoms with Crippen molar-refractivity contribution in [1.29, 1.82) is 0 Å². The number of likely N-dealkylation sites (N-methyl/N-ethyl adjacent to an activating group) is 1. The number of nitrogens with one attached hydrogen (secondary N) is 1. The second kappa shape index (κ2) is 8.31. The number of benzene rings is 1. The average molecular weight is 262 g/mol. The molecule has 1 atom stereocenters. The maximum absolute atomic E-state index is 5.70. The van der Waals surface area contributed by atoms with Crippen molar-refractivity contribution in [2.24, 2.45) is 0 Å². The van der Waals surface area contributed by atoms with E-state index < -0.39 is 0 Å². The zero-order chi connectivity index (χ0) is 13.3. The van der Waals surface area contributed by atoms with Gasteiger partial charge in [-0.2, -0.15) is 0 Å². The fraction of sp³-hybridized carbons (Fsp3) is 0.625. The minimum atomic E-state index is 0.467. The molecule has 1 saturated heterocycles. The Bertz CT molecular complexity index is 336. The van der Waals surface area contributed by atoms with Gasteiger partial charge in [0.15, 0.2) is 0 Å². The van der Waals surface area contributed by atoms with E-state index in [9.17, 15) is 0 Å². The Balaban J connectivity index is 1.60. The molecule has 1 aromatic rings. The Morgan fingerprint density at radius 2 is 2.16 bits per heavy atom. The molecule has 1 heterocycles. The van der Waals surface area contributed by atoms with Gasteiger partial charge in [0.2, 0.25) is 0 Å². The Morgan fingerprint density at radius 3 is 2.84 bits per heavy atom. The van der Waals surface area contributed by atoms with Gasteiger partial charge in [-0.05, 0) is 24.9 Å². The van der Waals surface area contributed by atoms with Gasteiger partial charge in [0, 0.05) is 32.8 Å². The molecule has 0 spiro atoms. The van der Waals surface area contributed by atoms with Crippen LogP contribution in [0.15, 0.2) is 30.3 Å². The molecule has 0 aliphatic carbocycles. The summed E-state index contributed by atoms with van der Waals surface area (Å²) in [4.78, 5) is 2.48. The van der Waals surface area contributed by atoms with Crippen molar-refractivity contribution in [1.82, 2.24) is 10.2 Å². The maximum Gasteiger partial charge on any atom is 0.0702 e. The van der Waals surface area contributed by atoms with Crippen LogP contribution in [-0.4, -0.2) is 43.8 Å². The molecular formula is C16H26N2O. The van der Waals surface area contributed by atoms with Gasteiger partial charge in [0.25, 0.3) is 0 Å². The lowest BCUT2D eigenvalue weighted by Crippen LogP contribution is -2.37. The van der Waals surface area contributed by atoms with E-state index in [0.29, 0.717) is 6.10 Å². The van der Waals surface area contributed by atoms with E-state index in [1.165, 1.54) is 18.4 Å². The maximum atomic E-state index is 5.70. The third kappa shape index (κ3) is 5.31. The van der Waals surface area contributed by atoms with E-state index in [2.05, 4.69) is 47.5 Å². The molecule has 19 heavy (non-hydrogen) atoms. The predicted octanol–water partition coefficient (Wildman–Crippen LogP) is 2.28. The molecule has 0 bridgehead atoms. The summed E-state index contributed by atoms with van der Waals surface area (Å²) in [6, 6.07) is 10.6. The van der Waals surface area contributed by atoms with Crippen molar-refractivity contribution in [3.05, 3.63) is 35.9 Å². The molecular weight excluding hydrogens is 236 g/mol. The quantitative estimate of drug-likeness (QED) is 0.727. The number of rotatable bonds is 8. The van der Waals surface area contributed by atoms with Crippen molar-refractivity contribution in [3.8, 4) is 0 Å². The van der Waals surface area contributed by atoms with Crippen LogP contribution in [0.25, 0.3) is 0 Å². The van der Waals surface area contributed by atoms with E-state index in [-0.39, 0.29) is 0 Å². The van der Waals surface area contributed by atoms with Gasteiger partial charge in [0.1, 0.15) is 0 Å². The zero-order valence-electron chi connectivity index (χ0n) is 12.0. The molecule has 0 amide bonds. The summed E-state index contributed by atoms with van der Waals surface area (Å²) >= 11 is 0. The summed E-state index contributed by atoms with van der Waals surface area (Å²) in [6.07, 6.45) is 2.93. The Morgan fingerprint density at radius 1 is 1.32 bits per heavy atom. The third-order valence-electron chi connectivity index (χ3n) is 3.71. The fourth-order valence-corrected chi connectivity index (χ4v) is 2.52. The van der Waals surface area contributed by atoms with E-state index in [0.717, 1.165) is 39.3 Å². The lowest BCUT2D eigenvalue weighted by molar-refractivity contribution is 0.0751. The molecule has 1 aromatic carbocycles. The van der Waals surface area contributed by atoms with Gasteiger partial charge < -0.3 is 10.1 Å². The standard InChI is InChI=1S/C16H26N2O/c1-2-18(14-16-9-6-12-19-16)11-10-17-13-15-7-4-3-5-8-15/h3-5,7-8,16-17H,2,6,9-14H2,1H3. The first-order valence-electron chi connectivity index (χ1n) is 7.47. The third-order valence-corrected chi connectivity index (χ3v) is 3.71. The van der Waals surface area contributed by atoms with Crippen molar-refractivity contribution >= 4 is 0 Å². The van der Waals surface area contributed by atoms with Crippen LogP contribution < -0.4 is 5.32 Å². The van der Waals surface area contributed by atoms with Gasteiger partial charge in [0.05, 0.1) is 6.10 Å². The summed E-state index contributed by atoms with van der Waals surface area (Å²) in [6.45, 7) is 8.47. The average Bonchev–Trinajstić information content (AvgIpc) is 2.96. The van der Waals surface area contributed by atoms with Crippen LogP contribution in [0.1, 0.15) is 25.3 Å². The van der Waals surface area contributed by atoms with Crippen molar-refractivity contribution in [3.63, 3.8) is 0 Å². The topological polar surface area (TPSA) is 24.5 Å². The minimum absolute atomic E-state index is 0.467. The molecule has 0 saturated carbocycles. The molecule has 3 heteroatoms. The van der Waals surface area contributed by atoms with Gasteiger partial charge >= 0.3 is 0 Å². The molecule has 2 rings (SSSR count). The molecule has 1 aliphatic heterocycles. The molecule has 3 nitrogen and oxygen atoms in total. The van der Waals surface area contributed by atoms with Crippen LogP contribution in [0.2, 0.25) is 0 Å². The van der Waals surface area contributed by atoms with Gasteiger partial charge in [-0.1, -0.05) is 37.3 Å². The van der Waals surface area contributed by atoms with Crippen LogP contribution >= 0.6 is 0 Å². The van der Waals surface area contributed by atoms with Crippen LogP contribution in [0.5, 0.6) is 0 Å². The summed E-state index contributed by atoms with van der Waals surface area (Å²) in [5.74, 6) is 0. The Hall–Kier alpha value is -0.900. The zero-order valence-corrected chi connectivity index (χ0v) is 12.0. The lowest BCUT2D eigenvalue weighted by atomic mass is 10.2. The minimum Gasteiger partial charge on any atom is -0.377 e. The van der Waals surface area contributed by atoms with Crippen LogP contribution in [-0.2, 0) is 11.3 Å². The summed E-state index contributed by atoms with van der Waals surface area (Å²) in [5, 5.41) is 3.51. The highest BCUT2D eigenvalue weighted by Crippen LogP contribution is 2.12. The van der Waals surface area contributed by atoms with Crippen molar-refractivity contribution < 1.29 is 4.74 Å². The molecule has 1 unspecified atom stereocenters. The van der Waals surface area contributed by atoms with E-state index in [1.807, 2.05) is 0 Å². The summed E-state index contributed by atoms with van der Waals surface area (Å²) in [5.41, 5.74) is 1.35. The first-order chi connectivity index (χ1) is 9.38. The fourth-order valence-electron chi connectivity index (χ4n) is 2.52.